The van der Waals surface area contributed by atoms with Gasteiger partial charge >= 0.3 is 5.97 Å². The average molecular weight is 317 g/mol. The number of fused-ring (bicyclic) bond motifs is 1. The van der Waals surface area contributed by atoms with Gasteiger partial charge in [-0.3, -0.25) is 4.79 Å². The van der Waals surface area contributed by atoms with Crippen LogP contribution in [0.1, 0.15) is 20.3 Å². The molecule has 0 aliphatic rings. The predicted octanol–water partition coefficient (Wildman–Crippen LogP) is 3.30. The number of carbonyl (C=O) groups excluding carboxylic acids is 1. The van der Waals surface area contributed by atoms with Crippen LogP contribution in [0.15, 0.2) is 47.4 Å². The van der Waals surface area contributed by atoms with E-state index in [1.165, 1.54) is 18.7 Å². The van der Waals surface area contributed by atoms with E-state index in [2.05, 4.69) is 5.32 Å². The molecular weight excluding hydrogens is 298 g/mol. The predicted molar refractivity (Wildman–Crippen MR) is 89.1 cm³/mol. The van der Waals surface area contributed by atoms with E-state index < -0.39 is 11.5 Å². The molecule has 0 saturated heterocycles. The number of nitrogens with one attached hydrogen (secondary N) is 1. The molecule has 0 fully saturated rings. The van der Waals surface area contributed by atoms with Crippen molar-refractivity contribution in [2.45, 2.75) is 30.7 Å². The van der Waals surface area contributed by atoms with Crippen molar-refractivity contribution in [2.75, 3.05) is 5.75 Å². The van der Waals surface area contributed by atoms with Gasteiger partial charge in [0.15, 0.2) is 0 Å². The van der Waals surface area contributed by atoms with Gasteiger partial charge in [0, 0.05) is 4.90 Å². The van der Waals surface area contributed by atoms with Crippen molar-refractivity contribution >= 4 is 34.4 Å². The lowest BCUT2D eigenvalue weighted by molar-refractivity contribution is -0.146. The van der Waals surface area contributed by atoms with Gasteiger partial charge in [0.1, 0.15) is 5.54 Å². The van der Waals surface area contributed by atoms with E-state index in [4.69, 9.17) is 5.11 Å². The van der Waals surface area contributed by atoms with Crippen LogP contribution in [0.5, 0.6) is 0 Å². The van der Waals surface area contributed by atoms with Gasteiger partial charge < -0.3 is 10.4 Å². The van der Waals surface area contributed by atoms with Gasteiger partial charge in [-0.1, -0.05) is 37.3 Å². The molecular formula is C17H19NO3S. The zero-order chi connectivity index (χ0) is 16.2. The average Bonchev–Trinajstić information content (AvgIpc) is 2.52. The lowest BCUT2D eigenvalue weighted by atomic mass is 9.99. The summed E-state index contributed by atoms with van der Waals surface area (Å²) in [6.07, 6.45) is 0.342. The minimum absolute atomic E-state index is 0.196. The van der Waals surface area contributed by atoms with Gasteiger partial charge in [0.2, 0.25) is 5.91 Å². The van der Waals surface area contributed by atoms with Crippen molar-refractivity contribution in [3.8, 4) is 0 Å². The van der Waals surface area contributed by atoms with Crippen LogP contribution >= 0.6 is 11.8 Å². The van der Waals surface area contributed by atoms with Gasteiger partial charge in [-0.15, -0.1) is 11.8 Å². The normalized spacial score (nSPS) is 13.5. The Bertz CT molecular complexity index is 701. The monoisotopic (exact) mass is 317 g/mol. The summed E-state index contributed by atoms with van der Waals surface area (Å²) in [5, 5.41) is 14.0. The number of carboxylic acids is 1. The van der Waals surface area contributed by atoms with Crippen molar-refractivity contribution in [3.63, 3.8) is 0 Å². The van der Waals surface area contributed by atoms with Crippen LogP contribution in [0.4, 0.5) is 0 Å². The van der Waals surface area contributed by atoms with E-state index in [1.54, 1.807) is 6.92 Å². The standard InChI is InChI=1S/C17H19NO3S/c1-3-17(2,16(20)21)18-15(19)11-22-14-9-8-12-6-4-5-7-13(12)10-14/h4-10H,3,11H2,1-2H3,(H,18,19)(H,20,21). The Labute approximate surface area is 133 Å². The van der Waals surface area contributed by atoms with Crippen LogP contribution in [0.2, 0.25) is 0 Å². The van der Waals surface area contributed by atoms with Crippen molar-refractivity contribution in [1.82, 2.24) is 5.32 Å². The second-order valence-electron chi connectivity index (χ2n) is 5.34. The summed E-state index contributed by atoms with van der Waals surface area (Å²) in [6, 6.07) is 14.0. The Morgan fingerprint density at radius 1 is 1.18 bits per heavy atom. The third kappa shape index (κ3) is 3.80. The lowest BCUT2D eigenvalue weighted by Crippen LogP contribution is -2.52. The fourth-order valence-electron chi connectivity index (χ4n) is 2.04. The molecule has 116 valence electrons. The van der Waals surface area contributed by atoms with Crippen molar-refractivity contribution in [2.24, 2.45) is 0 Å². The topological polar surface area (TPSA) is 66.4 Å². The third-order valence-corrected chi connectivity index (χ3v) is 4.68. The summed E-state index contributed by atoms with van der Waals surface area (Å²) in [7, 11) is 0. The number of amides is 1. The van der Waals surface area contributed by atoms with Gasteiger partial charge in [0.25, 0.3) is 0 Å². The SMILES string of the molecule is CCC(C)(NC(=O)CSc1ccc2ccccc2c1)C(=O)O. The minimum Gasteiger partial charge on any atom is -0.480 e. The molecule has 2 aromatic rings. The maximum Gasteiger partial charge on any atom is 0.329 e. The van der Waals surface area contributed by atoms with Crippen LogP contribution in [0.3, 0.4) is 0 Å². The maximum absolute atomic E-state index is 12.0. The van der Waals surface area contributed by atoms with Crippen LogP contribution in [-0.2, 0) is 9.59 Å². The summed E-state index contributed by atoms with van der Waals surface area (Å²) in [6.45, 7) is 3.26. The van der Waals surface area contributed by atoms with Crippen molar-refractivity contribution in [3.05, 3.63) is 42.5 Å². The molecule has 0 aliphatic carbocycles. The van der Waals surface area contributed by atoms with Crippen LogP contribution in [0.25, 0.3) is 10.8 Å². The summed E-state index contributed by atoms with van der Waals surface area (Å²) < 4.78 is 0. The van der Waals surface area contributed by atoms with E-state index in [9.17, 15) is 9.59 Å². The van der Waals surface area contributed by atoms with Crippen LogP contribution in [-0.4, -0.2) is 28.3 Å². The number of rotatable bonds is 6. The molecule has 4 nitrogen and oxygen atoms in total. The fourth-order valence-corrected chi connectivity index (χ4v) is 2.79. The molecule has 2 aromatic carbocycles. The molecule has 0 aliphatic heterocycles. The molecule has 0 aromatic heterocycles. The second-order valence-corrected chi connectivity index (χ2v) is 6.39. The summed E-state index contributed by atoms with van der Waals surface area (Å²) >= 11 is 1.40. The van der Waals surface area contributed by atoms with E-state index >= 15 is 0 Å². The molecule has 1 atom stereocenters. The molecule has 2 N–H and O–H groups in total. The second kappa shape index (κ2) is 6.83. The Hall–Kier alpha value is -2.01. The third-order valence-electron chi connectivity index (χ3n) is 3.69. The molecule has 0 heterocycles. The Kier molecular flexibility index (Phi) is 5.08. The summed E-state index contributed by atoms with van der Waals surface area (Å²) in [4.78, 5) is 24.1. The molecule has 1 unspecified atom stereocenters. The fraction of sp³-hybridized carbons (Fsp3) is 0.294. The van der Waals surface area contributed by atoms with Crippen LogP contribution in [0, 0.1) is 0 Å². The molecule has 2 rings (SSSR count). The number of aliphatic carboxylic acids is 1. The highest BCUT2D eigenvalue weighted by molar-refractivity contribution is 8.00. The number of thioether (sulfide) groups is 1. The highest BCUT2D eigenvalue weighted by Gasteiger charge is 2.32. The molecule has 0 spiro atoms. The molecule has 5 heteroatoms. The number of hydrogen-bond donors (Lipinski definition) is 2. The molecule has 1 amide bonds. The number of carboxylic acid groups (broad SMARTS) is 1. The molecule has 22 heavy (non-hydrogen) atoms. The summed E-state index contributed by atoms with van der Waals surface area (Å²) in [5.41, 5.74) is -1.21. The number of carbonyl (C=O) groups is 2. The highest BCUT2D eigenvalue weighted by Crippen LogP contribution is 2.23. The number of hydrogen-bond acceptors (Lipinski definition) is 3. The highest BCUT2D eigenvalue weighted by atomic mass is 32.2. The van der Waals surface area contributed by atoms with E-state index in [-0.39, 0.29) is 11.7 Å². The lowest BCUT2D eigenvalue weighted by Gasteiger charge is -2.24. The largest absolute Gasteiger partial charge is 0.480 e. The van der Waals surface area contributed by atoms with Gasteiger partial charge in [-0.05, 0) is 36.2 Å². The molecule has 0 radical (unpaired) electrons. The number of benzene rings is 2. The van der Waals surface area contributed by atoms with Crippen molar-refractivity contribution < 1.29 is 14.7 Å². The first-order chi connectivity index (χ1) is 10.4. The van der Waals surface area contributed by atoms with Gasteiger partial charge in [0.05, 0.1) is 5.75 Å². The quantitative estimate of drug-likeness (QED) is 0.802. The molecule has 0 saturated carbocycles. The van der Waals surface area contributed by atoms with Gasteiger partial charge in [-0.25, -0.2) is 4.79 Å². The van der Waals surface area contributed by atoms with Crippen LogP contribution < -0.4 is 5.32 Å². The van der Waals surface area contributed by atoms with E-state index in [0.717, 1.165) is 15.7 Å². The Morgan fingerprint density at radius 2 is 1.86 bits per heavy atom. The maximum atomic E-state index is 12.0. The first-order valence-electron chi connectivity index (χ1n) is 7.10. The van der Waals surface area contributed by atoms with E-state index in [1.807, 2.05) is 42.5 Å². The first kappa shape index (κ1) is 16.4. The summed E-state index contributed by atoms with van der Waals surface area (Å²) in [5.74, 6) is -1.09. The zero-order valence-electron chi connectivity index (χ0n) is 12.6. The Morgan fingerprint density at radius 3 is 2.50 bits per heavy atom. The minimum atomic E-state index is -1.21. The smallest absolute Gasteiger partial charge is 0.329 e. The van der Waals surface area contributed by atoms with E-state index in [0.29, 0.717) is 6.42 Å². The van der Waals surface area contributed by atoms with Crippen molar-refractivity contribution in [1.29, 1.82) is 0 Å². The van der Waals surface area contributed by atoms with Gasteiger partial charge in [-0.2, -0.15) is 0 Å². The zero-order valence-corrected chi connectivity index (χ0v) is 13.4. The Balaban J connectivity index is 1.99. The molecule has 0 bridgehead atoms. The first-order valence-corrected chi connectivity index (χ1v) is 8.09.